The van der Waals surface area contributed by atoms with Gasteiger partial charge in [0, 0.05) is 12.6 Å². The number of benzene rings is 2. The van der Waals surface area contributed by atoms with Gasteiger partial charge in [-0.25, -0.2) is 4.39 Å². The summed E-state index contributed by atoms with van der Waals surface area (Å²) in [4.78, 5) is 27.7. The first-order valence-corrected chi connectivity index (χ1v) is 11.0. The lowest BCUT2D eigenvalue weighted by Crippen LogP contribution is -2.52. The molecule has 166 valence electrons. The van der Waals surface area contributed by atoms with Crippen molar-refractivity contribution in [2.24, 2.45) is 0 Å². The number of aryl methyl sites for hydroxylation is 1. The van der Waals surface area contributed by atoms with Gasteiger partial charge < -0.3 is 15.0 Å². The number of halogens is 1. The van der Waals surface area contributed by atoms with Crippen LogP contribution in [-0.2, 0) is 16.1 Å². The zero-order chi connectivity index (χ0) is 22.2. The number of hydrogen-bond donors (Lipinski definition) is 1. The van der Waals surface area contributed by atoms with Crippen molar-refractivity contribution in [2.75, 3.05) is 6.61 Å². The van der Waals surface area contributed by atoms with Crippen molar-refractivity contribution in [1.29, 1.82) is 0 Å². The Morgan fingerprint density at radius 2 is 1.74 bits per heavy atom. The van der Waals surface area contributed by atoms with E-state index in [0.29, 0.717) is 12.2 Å². The van der Waals surface area contributed by atoms with Crippen LogP contribution in [0.15, 0.2) is 48.5 Å². The molecule has 3 rings (SSSR count). The van der Waals surface area contributed by atoms with Crippen LogP contribution in [0.2, 0.25) is 0 Å². The first-order chi connectivity index (χ1) is 15.0. The van der Waals surface area contributed by atoms with Crippen LogP contribution in [-0.4, -0.2) is 35.4 Å². The Kier molecular flexibility index (Phi) is 8.04. The number of nitrogens with one attached hydrogen (secondary N) is 1. The van der Waals surface area contributed by atoms with E-state index in [1.165, 1.54) is 12.1 Å². The Balaban J connectivity index is 1.74. The summed E-state index contributed by atoms with van der Waals surface area (Å²) in [7, 11) is 0. The minimum absolute atomic E-state index is 0.139. The summed E-state index contributed by atoms with van der Waals surface area (Å²) >= 11 is 0. The van der Waals surface area contributed by atoms with Gasteiger partial charge in [0.05, 0.1) is 0 Å². The summed E-state index contributed by atoms with van der Waals surface area (Å²) in [6.45, 7) is 3.92. The van der Waals surface area contributed by atoms with Gasteiger partial charge in [-0.05, 0) is 56.0 Å². The summed E-state index contributed by atoms with van der Waals surface area (Å²) in [6, 6.07) is 13.0. The molecule has 0 aliphatic heterocycles. The normalized spacial score (nSPS) is 14.8. The summed E-state index contributed by atoms with van der Waals surface area (Å²) in [5, 5.41) is 3.11. The standard InChI is InChI=1S/C25H31FN2O3/c1-3-23(25(30)27-21-6-4-5-7-21)28(16-19-10-12-20(26)13-11-19)24(29)17-31-22-14-8-18(2)9-15-22/h8-15,21,23H,3-7,16-17H2,1-2H3,(H,27,30). The molecule has 31 heavy (non-hydrogen) atoms. The number of carbonyl (C=O) groups is 2. The van der Waals surface area contributed by atoms with Crippen molar-refractivity contribution in [3.05, 3.63) is 65.5 Å². The zero-order valence-electron chi connectivity index (χ0n) is 18.3. The quantitative estimate of drug-likeness (QED) is 0.647. The molecule has 1 atom stereocenters. The van der Waals surface area contributed by atoms with Gasteiger partial charge in [-0.15, -0.1) is 0 Å². The molecule has 1 N–H and O–H groups in total. The van der Waals surface area contributed by atoms with E-state index in [1.807, 2.05) is 38.1 Å². The minimum Gasteiger partial charge on any atom is -0.484 e. The molecule has 2 aromatic carbocycles. The summed E-state index contributed by atoms with van der Waals surface area (Å²) in [6.07, 6.45) is 4.67. The van der Waals surface area contributed by atoms with Gasteiger partial charge in [-0.2, -0.15) is 0 Å². The molecule has 1 aliphatic rings. The van der Waals surface area contributed by atoms with Gasteiger partial charge in [-0.1, -0.05) is 49.6 Å². The Bertz CT molecular complexity index is 861. The molecule has 1 unspecified atom stereocenters. The highest BCUT2D eigenvalue weighted by atomic mass is 19.1. The predicted octanol–water partition coefficient (Wildman–Crippen LogP) is 4.38. The van der Waals surface area contributed by atoms with E-state index >= 15 is 0 Å². The maximum Gasteiger partial charge on any atom is 0.261 e. The highest BCUT2D eigenvalue weighted by molar-refractivity contribution is 5.88. The van der Waals surface area contributed by atoms with E-state index in [-0.39, 0.29) is 36.8 Å². The summed E-state index contributed by atoms with van der Waals surface area (Å²) < 4.78 is 19.0. The number of carbonyl (C=O) groups excluding carboxylic acids is 2. The number of rotatable bonds is 9. The van der Waals surface area contributed by atoms with Crippen LogP contribution < -0.4 is 10.1 Å². The lowest BCUT2D eigenvalue weighted by atomic mass is 10.1. The van der Waals surface area contributed by atoms with Gasteiger partial charge >= 0.3 is 0 Å². The van der Waals surface area contributed by atoms with Crippen LogP contribution in [0.3, 0.4) is 0 Å². The van der Waals surface area contributed by atoms with Crippen molar-refractivity contribution < 1.29 is 18.7 Å². The molecule has 2 aromatic rings. The second-order valence-corrected chi connectivity index (χ2v) is 8.16. The summed E-state index contributed by atoms with van der Waals surface area (Å²) in [5.41, 5.74) is 1.86. The zero-order valence-corrected chi connectivity index (χ0v) is 18.3. The largest absolute Gasteiger partial charge is 0.484 e. The molecule has 0 saturated heterocycles. The molecule has 1 fully saturated rings. The third-order valence-electron chi connectivity index (χ3n) is 5.74. The Hall–Kier alpha value is -2.89. The lowest BCUT2D eigenvalue weighted by molar-refractivity contribution is -0.143. The van der Waals surface area contributed by atoms with Crippen LogP contribution >= 0.6 is 0 Å². The Morgan fingerprint density at radius 3 is 2.35 bits per heavy atom. The number of ether oxygens (including phenoxy) is 1. The molecule has 0 heterocycles. The third kappa shape index (κ3) is 6.54. The second kappa shape index (κ2) is 10.9. The van der Waals surface area contributed by atoms with Gasteiger partial charge in [0.2, 0.25) is 5.91 Å². The molecular weight excluding hydrogens is 395 g/mol. The first-order valence-electron chi connectivity index (χ1n) is 11.0. The van der Waals surface area contributed by atoms with Gasteiger partial charge in [0.15, 0.2) is 6.61 Å². The Morgan fingerprint density at radius 1 is 1.10 bits per heavy atom. The number of nitrogens with zero attached hydrogens (tertiary/aromatic N) is 1. The topological polar surface area (TPSA) is 58.6 Å². The second-order valence-electron chi connectivity index (χ2n) is 8.16. The van der Waals surface area contributed by atoms with Crippen LogP contribution in [0.1, 0.15) is 50.2 Å². The van der Waals surface area contributed by atoms with Crippen LogP contribution in [0.4, 0.5) is 4.39 Å². The van der Waals surface area contributed by atoms with E-state index in [9.17, 15) is 14.0 Å². The average Bonchev–Trinajstić information content (AvgIpc) is 3.27. The highest BCUT2D eigenvalue weighted by Crippen LogP contribution is 2.20. The van der Waals surface area contributed by atoms with E-state index in [2.05, 4.69) is 5.32 Å². The van der Waals surface area contributed by atoms with Crippen molar-refractivity contribution in [3.8, 4) is 5.75 Å². The van der Waals surface area contributed by atoms with Crippen molar-refractivity contribution >= 4 is 11.8 Å². The first kappa shape index (κ1) is 22.8. The van der Waals surface area contributed by atoms with Crippen LogP contribution in [0, 0.1) is 12.7 Å². The molecular formula is C25H31FN2O3. The van der Waals surface area contributed by atoms with Crippen LogP contribution in [0.5, 0.6) is 5.75 Å². The van der Waals surface area contributed by atoms with Crippen LogP contribution in [0.25, 0.3) is 0 Å². The molecule has 0 spiro atoms. The molecule has 6 heteroatoms. The molecule has 2 amide bonds. The monoisotopic (exact) mass is 426 g/mol. The fourth-order valence-electron chi connectivity index (χ4n) is 3.94. The maximum atomic E-state index is 13.3. The minimum atomic E-state index is -0.611. The molecule has 1 aliphatic carbocycles. The fourth-order valence-corrected chi connectivity index (χ4v) is 3.94. The van der Waals surface area contributed by atoms with Gasteiger partial charge in [-0.3, -0.25) is 9.59 Å². The SMILES string of the molecule is CCC(C(=O)NC1CCCC1)N(Cc1ccc(F)cc1)C(=O)COc1ccc(C)cc1. The lowest BCUT2D eigenvalue weighted by Gasteiger charge is -2.31. The average molecular weight is 427 g/mol. The molecule has 1 saturated carbocycles. The smallest absolute Gasteiger partial charge is 0.261 e. The molecule has 0 bridgehead atoms. The van der Waals surface area contributed by atoms with Gasteiger partial charge in [0.25, 0.3) is 5.91 Å². The third-order valence-corrected chi connectivity index (χ3v) is 5.74. The highest BCUT2D eigenvalue weighted by Gasteiger charge is 2.30. The maximum absolute atomic E-state index is 13.3. The molecule has 0 radical (unpaired) electrons. The van der Waals surface area contributed by atoms with E-state index in [4.69, 9.17) is 4.74 Å². The predicted molar refractivity (Wildman–Crippen MR) is 118 cm³/mol. The molecule has 0 aromatic heterocycles. The van der Waals surface area contributed by atoms with Gasteiger partial charge in [0.1, 0.15) is 17.6 Å². The van der Waals surface area contributed by atoms with Crippen molar-refractivity contribution in [1.82, 2.24) is 10.2 Å². The van der Waals surface area contributed by atoms with E-state index < -0.39 is 6.04 Å². The number of hydrogen-bond acceptors (Lipinski definition) is 3. The summed E-state index contributed by atoms with van der Waals surface area (Å²) in [5.74, 6) is -0.155. The van der Waals surface area contributed by atoms with E-state index in [0.717, 1.165) is 36.8 Å². The van der Waals surface area contributed by atoms with Crippen molar-refractivity contribution in [2.45, 2.75) is 64.6 Å². The molecule has 5 nitrogen and oxygen atoms in total. The Labute approximate surface area is 183 Å². The van der Waals surface area contributed by atoms with Crippen molar-refractivity contribution in [3.63, 3.8) is 0 Å². The number of amides is 2. The fraction of sp³-hybridized carbons (Fsp3) is 0.440. The van der Waals surface area contributed by atoms with E-state index in [1.54, 1.807) is 17.0 Å².